The molecule has 1 saturated carbocycles. The summed E-state index contributed by atoms with van der Waals surface area (Å²) in [5.74, 6) is 3.16. The van der Waals surface area contributed by atoms with Crippen LogP contribution in [-0.2, 0) is 6.42 Å². The lowest BCUT2D eigenvalue weighted by Gasteiger charge is -2.54. The Morgan fingerprint density at radius 1 is 1.25 bits per heavy atom. The van der Waals surface area contributed by atoms with Gasteiger partial charge in [0.05, 0.1) is 0 Å². The largest absolute Gasteiger partial charge is 0.177 e. The average molecular weight is 222 g/mol. The Morgan fingerprint density at radius 2 is 1.88 bits per heavy atom. The number of H-pyrrole nitrogens is 1. The fraction of sp³-hybridized carbons (Fsp3) is 0.917. The average Bonchev–Trinajstić information content (AvgIpc) is 2.61. The molecule has 1 aromatic rings. The molecule has 90 valence electrons. The summed E-state index contributed by atoms with van der Waals surface area (Å²) in [5.41, 5.74) is 0.550. The molecule has 1 aliphatic rings. The second kappa shape index (κ2) is 4.15. The van der Waals surface area contributed by atoms with Gasteiger partial charge in [-0.15, -0.1) is 10.2 Å². The maximum atomic E-state index is 4.03. The molecule has 1 fully saturated rings. The number of rotatable bonds is 4. The first-order chi connectivity index (χ1) is 7.54. The summed E-state index contributed by atoms with van der Waals surface area (Å²) in [7, 11) is 0. The van der Waals surface area contributed by atoms with Crippen LogP contribution in [0.5, 0.6) is 0 Å². The van der Waals surface area contributed by atoms with E-state index < -0.39 is 0 Å². The van der Waals surface area contributed by atoms with E-state index in [2.05, 4.69) is 48.3 Å². The second-order valence-corrected chi connectivity index (χ2v) is 5.85. The first-order valence-electron chi connectivity index (χ1n) is 6.27. The van der Waals surface area contributed by atoms with Gasteiger partial charge >= 0.3 is 0 Å². The van der Waals surface area contributed by atoms with Gasteiger partial charge in [0.2, 0.25) is 0 Å². The number of nitrogens with one attached hydrogen (secondary N) is 1. The van der Waals surface area contributed by atoms with E-state index in [9.17, 15) is 0 Å². The van der Waals surface area contributed by atoms with Crippen LogP contribution < -0.4 is 0 Å². The zero-order valence-electron chi connectivity index (χ0n) is 10.7. The highest BCUT2D eigenvalue weighted by molar-refractivity contribution is 5.00. The van der Waals surface area contributed by atoms with Gasteiger partial charge < -0.3 is 0 Å². The molecule has 0 aromatic carbocycles. The van der Waals surface area contributed by atoms with Crippen molar-refractivity contribution in [2.24, 2.45) is 23.2 Å². The van der Waals surface area contributed by atoms with Gasteiger partial charge in [-0.1, -0.05) is 32.9 Å². The van der Waals surface area contributed by atoms with Crippen LogP contribution in [0, 0.1) is 23.2 Å². The standard InChI is InChI=1S/C12H22N4/c1-8(2)12(9(3)4)6-10(7-12)5-11-13-15-16-14-11/h8-10H,5-7H2,1-4H3,(H,13,14,15,16). The van der Waals surface area contributed by atoms with Crippen molar-refractivity contribution in [2.75, 3.05) is 0 Å². The van der Waals surface area contributed by atoms with E-state index >= 15 is 0 Å². The molecule has 0 spiro atoms. The second-order valence-electron chi connectivity index (χ2n) is 5.85. The molecule has 1 heterocycles. The predicted molar refractivity (Wildman–Crippen MR) is 62.7 cm³/mol. The van der Waals surface area contributed by atoms with Crippen LogP contribution in [0.2, 0.25) is 0 Å². The van der Waals surface area contributed by atoms with Crippen LogP contribution in [0.25, 0.3) is 0 Å². The number of aromatic nitrogens is 4. The molecular weight excluding hydrogens is 200 g/mol. The topological polar surface area (TPSA) is 54.5 Å². The fourth-order valence-electron chi connectivity index (χ4n) is 3.30. The SMILES string of the molecule is CC(C)C1(C(C)C)CC(Cc2nn[nH]n2)C1. The highest BCUT2D eigenvalue weighted by Gasteiger charge is 2.48. The Balaban J connectivity index is 1.92. The maximum absolute atomic E-state index is 4.03. The molecule has 0 bridgehead atoms. The molecule has 0 amide bonds. The lowest BCUT2D eigenvalue weighted by Crippen LogP contribution is -2.46. The third-order valence-electron chi connectivity index (χ3n) is 4.50. The van der Waals surface area contributed by atoms with Crippen LogP contribution in [0.3, 0.4) is 0 Å². The molecule has 1 aliphatic carbocycles. The molecule has 0 saturated heterocycles. The number of aromatic amines is 1. The van der Waals surface area contributed by atoms with E-state index in [-0.39, 0.29) is 0 Å². The lowest BCUT2D eigenvalue weighted by molar-refractivity contribution is -0.0394. The van der Waals surface area contributed by atoms with Crippen molar-refractivity contribution >= 4 is 0 Å². The van der Waals surface area contributed by atoms with Gasteiger partial charge in [-0.3, -0.25) is 0 Å². The zero-order chi connectivity index (χ0) is 11.8. The zero-order valence-corrected chi connectivity index (χ0v) is 10.7. The van der Waals surface area contributed by atoms with Crippen LogP contribution >= 0.6 is 0 Å². The Labute approximate surface area is 97.2 Å². The maximum Gasteiger partial charge on any atom is 0.174 e. The van der Waals surface area contributed by atoms with E-state index in [1.807, 2.05) is 0 Å². The van der Waals surface area contributed by atoms with Crippen LogP contribution in [0.1, 0.15) is 46.4 Å². The molecule has 0 aliphatic heterocycles. The number of nitrogens with zero attached hydrogens (tertiary/aromatic N) is 3. The fourth-order valence-corrected chi connectivity index (χ4v) is 3.30. The predicted octanol–water partition coefficient (Wildman–Crippen LogP) is 2.45. The molecule has 0 unspecified atom stereocenters. The molecule has 16 heavy (non-hydrogen) atoms. The Morgan fingerprint density at radius 3 is 2.31 bits per heavy atom. The van der Waals surface area contributed by atoms with Crippen molar-refractivity contribution in [3.05, 3.63) is 5.82 Å². The molecule has 4 nitrogen and oxygen atoms in total. The number of hydrogen-bond donors (Lipinski definition) is 1. The summed E-state index contributed by atoms with van der Waals surface area (Å²) >= 11 is 0. The summed E-state index contributed by atoms with van der Waals surface area (Å²) < 4.78 is 0. The first kappa shape index (κ1) is 11.6. The molecule has 1 aromatic heterocycles. The first-order valence-corrected chi connectivity index (χ1v) is 6.27. The molecule has 4 heteroatoms. The minimum absolute atomic E-state index is 0.550. The molecule has 1 N–H and O–H groups in total. The third-order valence-corrected chi connectivity index (χ3v) is 4.50. The van der Waals surface area contributed by atoms with Crippen molar-refractivity contribution in [3.63, 3.8) is 0 Å². The Hall–Kier alpha value is -0.930. The molecule has 0 atom stereocenters. The summed E-state index contributed by atoms with van der Waals surface area (Å²) in [5, 5.41) is 14.2. The van der Waals surface area contributed by atoms with Crippen LogP contribution in [0.15, 0.2) is 0 Å². The van der Waals surface area contributed by atoms with Gasteiger partial charge in [-0.2, -0.15) is 5.21 Å². The van der Waals surface area contributed by atoms with Crippen molar-refractivity contribution in [1.29, 1.82) is 0 Å². The van der Waals surface area contributed by atoms with Crippen molar-refractivity contribution in [3.8, 4) is 0 Å². The number of tetrazole rings is 1. The summed E-state index contributed by atoms with van der Waals surface area (Å²) in [4.78, 5) is 0. The van der Waals surface area contributed by atoms with Gasteiger partial charge in [-0.25, -0.2) is 0 Å². The molecular formula is C12H22N4. The number of hydrogen-bond acceptors (Lipinski definition) is 3. The summed E-state index contributed by atoms with van der Waals surface area (Å²) in [6, 6.07) is 0. The Bertz CT molecular complexity index is 313. The van der Waals surface area contributed by atoms with E-state index in [1.54, 1.807) is 0 Å². The van der Waals surface area contributed by atoms with E-state index in [0.717, 1.165) is 30.0 Å². The quantitative estimate of drug-likeness (QED) is 0.851. The van der Waals surface area contributed by atoms with Gasteiger partial charge in [-0.05, 0) is 36.0 Å². The van der Waals surface area contributed by atoms with Gasteiger partial charge in [0.15, 0.2) is 5.82 Å². The minimum Gasteiger partial charge on any atom is -0.177 e. The summed E-state index contributed by atoms with van der Waals surface area (Å²) in [6.07, 6.45) is 3.62. The smallest absolute Gasteiger partial charge is 0.174 e. The van der Waals surface area contributed by atoms with Crippen molar-refractivity contribution in [2.45, 2.75) is 47.0 Å². The van der Waals surface area contributed by atoms with Crippen molar-refractivity contribution < 1.29 is 0 Å². The van der Waals surface area contributed by atoms with E-state index in [4.69, 9.17) is 0 Å². The highest BCUT2D eigenvalue weighted by Crippen LogP contribution is 2.56. The lowest BCUT2D eigenvalue weighted by atomic mass is 9.51. The van der Waals surface area contributed by atoms with E-state index in [1.165, 1.54) is 12.8 Å². The van der Waals surface area contributed by atoms with Gasteiger partial charge in [0.1, 0.15) is 0 Å². The van der Waals surface area contributed by atoms with Gasteiger partial charge in [0.25, 0.3) is 0 Å². The van der Waals surface area contributed by atoms with Crippen molar-refractivity contribution in [1.82, 2.24) is 20.6 Å². The molecule has 2 rings (SSSR count). The normalized spacial score (nSPS) is 20.4. The van der Waals surface area contributed by atoms with E-state index in [0.29, 0.717) is 5.41 Å². The Kier molecular flexibility index (Phi) is 3.00. The van der Waals surface area contributed by atoms with Gasteiger partial charge in [0, 0.05) is 6.42 Å². The summed E-state index contributed by atoms with van der Waals surface area (Å²) in [6.45, 7) is 9.41. The highest BCUT2D eigenvalue weighted by atomic mass is 15.5. The third kappa shape index (κ3) is 1.85. The minimum atomic E-state index is 0.550. The van der Waals surface area contributed by atoms with Crippen LogP contribution in [0.4, 0.5) is 0 Å². The van der Waals surface area contributed by atoms with Crippen LogP contribution in [-0.4, -0.2) is 20.6 Å². The monoisotopic (exact) mass is 222 g/mol. The molecule has 0 radical (unpaired) electrons.